The summed E-state index contributed by atoms with van der Waals surface area (Å²) in [5.41, 5.74) is 2.58. The number of rotatable bonds is 7. The lowest BCUT2D eigenvalue weighted by Crippen LogP contribution is -2.29. The Morgan fingerprint density at radius 1 is 1.22 bits per heavy atom. The Morgan fingerprint density at radius 3 is 2.50 bits per heavy atom. The van der Waals surface area contributed by atoms with Crippen molar-refractivity contribution in [1.29, 1.82) is 0 Å². The van der Waals surface area contributed by atoms with E-state index in [9.17, 15) is 23.1 Å². The Balaban J connectivity index is 1.78. The molecule has 1 aromatic heterocycles. The number of nitrogens with zero attached hydrogens (tertiary/aromatic N) is 2. The number of hydrogen-bond acceptors (Lipinski definition) is 5. The van der Waals surface area contributed by atoms with E-state index >= 15 is 0 Å². The van der Waals surface area contributed by atoms with E-state index in [1.165, 1.54) is 31.4 Å². The zero-order chi connectivity index (χ0) is 26.3. The number of imidazole rings is 1. The molecule has 1 aliphatic rings. The van der Waals surface area contributed by atoms with Crippen LogP contribution in [0.15, 0.2) is 36.4 Å². The predicted molar refractivity (Wildman–Crippen MR) is 130 cm³/mol. The molecule has 194 valence electrons. The molecular weight excluding hydrogens is 475 g/mol. The Hall–Kier alpha value is -3.43. The minimum atomic E-state index is -4.76. The van der Waals surface area contributed by atoms with Crippen LogP contribution in [0.1, 0.15) is 51.6 Å². The quantitative estimate of drug-likeness (QED) is 0.372. The molecule has 4 rings (SSSR count). The standard InChI is InChI=1S/C26H30F3N3O4/c1-15-9-18(14-25(2,3)13-15)32-21-12-22(35-4)16(11-23(33)34)10-20(21)31-24(32)30-17-5-7-19(8-6-17)36-26(27,28)29/h5-8,10,12,15,18H,9,11,13-14H2,1-4H3,(H,30,31)(H,33,34)/t15-,18+/m1/s1. The number of aromatic nitrogens is 2. The van der Waals surface area contributed by atoms with Gasteiger partial charge in [0.2, 0.25) is 5.95 Å². The number of methoxy groups -OCH3 is 1. The van der Waals surface area contributed by atoms with Gasteiger partial charge in [0.25, 0.3) is 0 Å². The van der Waals surface area contributed by atoms with Crippen molar-refractivity contribution in [2.75, 3.05) is 12.4 Å². The minimum absolute atomic E-state index is 0.110. The van der Waals surface area contributed by atoms with Gasteiger partial charge in [0.15, 0.2) is 0 Å². The second kappa shape index (κ2) is 9.55. The molecule has 1 heterocycles. The van der Waals surface area contributed by atoms with E-state index in [4.69, 9.17) is 9.72 Å². The number of anilines is 2. The molecule has 1 fully saturated rings. The summed E-state index contributed by atoms with van der Waals surface area (Å²) >= 11 is 0. The van der Waals surface area contributed by atoms with Crippen LogP contribution in [0.25, 0.3) is 11.0 Å². The number of aliphatic carboxylic acids is 1. The molecule has 2 atom stereocenters. The van der Waals surface area contributed by atoms with E-state index in [1.807, 2.05) is 6.07 Å². The van der Waals surface area contributed by atoms with Gasteiger partial charge < -0.3 is 24.5 Å². The van der Waals surface area contributed by atoms with Crippen LogP contribution in [0.4, 0.5) is 24.8 Å². The van der Waals surface area contributed by atoms with Crippen molar-refractivity contribution in [2.24, 2.45) is 11.3 Å². The monoisotopic (exact) mass is 505 g/mol. The Bertz CT molecular complexity index is 1250. The number of carbonyl (C=O) groups is 1. The van der Waals surface area contributed by atoms with Crippen molar-refractivity contribution < 1.29 is 32.5 Å². The van der Waals surface area contributed by atoms with Crippen LogP contribution < -0.4 is 14.8 Å². The van der Waals surface area contributed by atoms with E-state index in [1.54, 1.807) is 6.07 Å². The molecule has 0 saturated heterocycles. The molecule has 2 N–H and O–H groups in total. The molecule has 36 heavy (non-hydrogen) atoms. The summed E-state index contributed by atoms with van der Waals surface area (Å²) in [5, 5.41) is 12.6. The summed E-state index contributed by atoms with van der Waals surface area (Å²) in [5.74, 6) is 0.186. The van der Waals surface area contributed by atoms with E-state index in [-0.39, 0.29) is 23.6 Å². The van der Waals surface area contributed by atoms with Crippen LogP contribution >= 0.6 is 0 Å². The Kier molecular flexibility index (Phi) is 6.81. The fraction of sp³-hybridized carbons (Fsp3) is 0.462. The number of halogens is 3. The highest BCUT2D eigenvalue weighted by Crippen LogP contribution is 2.46. The molecule has 10 heteroatoms. The van der Waals surface area contributed by atoms with Crippen LogP contribution in [0, 0.1) is 11.3 Å². The lowest BCUT2D eigenvalue weighted by Gasteiger charge is -2.40. The lowest BCUT2D eigenvalue weighted by atomic mass is 9.70. The first-order valence-corrected chi connectivity index (χ1v) is 11.8. The summed E-state index contributed by atoms with van der Waals surface area (Å²) in [4.78, 5) is 16.2. The second-order valence-electron chi connectivity index (χ2n) is 10.3. The maximum Gasteiger partial charge on any atom is 0.573 e. The maximum atomic E-state index is 12.5. The van der Waals surface area contributed by atoms with Gasteiger partial charge in [0.1, 0.15) is 11.5 Å². The van der Waals surface area contributed by atoms with Crippen molar-refractivity contribution in [1.82, 2.24) is 9.55 Å². The zero-order valence-corrected chi connectivity index (χ0v) is 20.6. The number of alkyl halides is 3. The van der Waals surface area contributed by atoms with Crippen LogP contribution in [0.2, 0.25) is 0 Å². The van der Waals surface area contributed by atoms with Gasteiger partial charge >= 0.3 is 12.3 Å². The van der Waals surface area contributed by atoms with Gasteiger partial charge in [-0.15, -0.1) is 13.2 Å². The van der Waals surface area contributed by atoms with Gasteiger partial charge in [0, 0.05) is 23.4 Å². The van der Waals surface area contributed by atoms with Gasteiger partial charge in [-0.3, -0.25) is 4.79 Å². The summed E-state index contributed by atoms with van der Waals surface area (Å²) < 4.78 is 49.2. The summed E-state index contributed by atoms with van der Waals surface area (Å²) in [7, 11) is 1.50. The van der Waals surface area contributed by atoms with Crippen LogP contribution in [-0.4, -0.2) is 34.1 Å². The lowest BCUT2D eigenvalue weighted by molar-refractivity contribution is -0.274. The number of fused-ring (bicyclic) bond motifs is 1. The van der Waals surface area contributed by atoms with Crippen molar-refractivity contribution in [3.8, 4) is 11.5 Å². The molecule has 7 nitrogen and oxygen atoms in total. The third-order valence-electron chi connectivity index (χ3n) is 6.51. The van der Waals surface area contributed by atoms with E-state index in [0.29, 0.717) is 34.4 Å². The first-order chi connectivity index (χ1) is 16.8. The van der Waals surface area contributed by atoms with Crippen LogP contribution in [-0.2, 0) is 11.2 Å². The largest absolute Gasteiger partial charge is 0.573 e. The number of hydrogen-bond donors (Lipinski definition) is 2. The number of carboxylic acid groups (broad SMARTS) is 1. The van der Waals surface area contributed by atoms with E-state index in [0.717, 1.165) is 24.8 Å². The normalized spacial score (nSPS) is 19.8. The highest BCUT2D eigenvalue weighted by Gasteiger charge is 2.35. The fourth-order valence-electron chi connectivity index (χ4n) is 5.48. The van der Waals surface area contributed by atoms with Crippen molar-refractivity contribution in [3.63, 3.8) is 0 Å². The SMILES string of the molecule is COc1cc2c(cc1CC(=O)O)nc(Nc1ccc(OC(F)(F)F)cc1)n2[C@H]1C[C@@H](C)CC(C)(C)C1. The smallest absolute Gasteiger partial charge is 0.496 e. The van der Waals surface area contributed by atoms with Gasteiger partial charge in [-0.05, 0) is 60.9 Å². The second-order valence-corrected chi connectivity index (χ2v) is 10.3. The highest BCUT2D eigenvalue weighted by atomic mass is 19.4. The highest BCUT2D eigenvalue weighted by molar-refractivity contribution is 5.84. The Labute approximate surface area is 207 Å². The van der Waals surface area contributed by atoms with E-state index < -0.39 is 12.3 Å². The molecule has 0 radical (unpaired) electrons. The summed E-state index contributed by atoms with van der Waals surface area (Å²) in [6.45, 7) is 6.71. The predicted octanol–water partition coefficient (Wildman–Crippen LogP) is 6.70. The fourth-order valence-corrected chi connectivity index (χ4v) is 5.48. The van der Waals surface area contributed by atoms with Gasteiger partial charge in [-0.1, -0.05) is 20.8 Å². The first-order valence-electron chi connectivity index (χ1n) is 11.8. The van der Waals surface area contributed by atoms with Crippen molar-refractivity contribution in [3.05, 3.63) is 42.0 Å². The average molecular weight is 506 g/mol. The number of carboxylic acids is 1. The minimum Gasteiger partial charge on any atom is -0.496 e. The molecule has 1 aliphatic carbocycles. The third-order valence-corrected chi connectivity index (χ3v) is 6.51. The van der Waals surface area contributed by atoms with Crippen molar-refractivity contribution >= 4 is 28.6 Å². The van der Waals surface area contributed by atoms with Crippen LogP contribution in [0.3, 0.4) is 0 Å². The zero-order valence-electron chi connectivity index (χ0n) is 20.6. The van der Waals surface area contributed by atoms with E-state index in [2.05, 4.69) is 35.4 Å². The molecule has 0 amide bonds. The maximum absolute atomic E-state index is 12.5. The number of ether oxygens (including phenoxy) is 2. The number of nitrogens with one attached hydrogen (secondary N) is 1. The summed E-state index contributed by atoms with van der Waals surface area (Å²) in [6, 6.07) is 9.12. The topological polar surface area (TPSA) is 85.6 Å². The molecule has 3 aromatic rings. The molecule has 0 bridgehead atoms. The Morgan fingerprint density at radius 2 is 1.92 bits per heavy atom. The first kappa shape index (κ1) is 25.7. The average Bonchev–Trinajstić information content (AvgIpc) is 3.08. The van der Waals surface area contributed by atoms with Gasteiger partial charge in [-0.25, -0.2) is 4.98 Å². The molecular formula is C26H30F3N3O4. The molecule has 0 spiro atoms. The van der Waals surface area contributed by atoms with Crippen LogP contribution in [0.5, 0.6) is 11.5 Å². The number of benzene rings is 2. The van der Waals surface area contributed by atoms with Gasteiger partial charge in [0.05, 0.1) is 24.6 Å². The van der Waals surface area contributed by atoms with Gasteiger partial charge in [-0.2, -0.15) is 0 Å². The van der Waals surface area contributed by atoms with Crippen molar-refractivity contribution in [2.45, 2.75) is 58.9 Å². The molecule has 2 aromatic carbocycles. The molecule has 1 saturated carbocycles. The summed E-state index contributed by atoms with van der Waals surface area (Å²) in [6.07, 6.45) is -2.02. The molecule has 0 unspecified atom stereocenters. The third kappa shape index (κ3) is 5.85. The molecule has 0 aliphatic heterocycles.